The molecule has 0 bridgehead atoms. The van der Waals surface area contributed by atoms with Crippen LogP contribution in [0.2, 0.25) is 5.02 Å². The van der Waals surface area contributed by atoms with Crippen LogP contribution < -0.4 is 5.46 Å². The Kier molecular flexibility index (Phi) is 2.53. The third kappa shape index (κ3) is 1.55. The lowest BCUT2D eigenvalue weighted by Crippen LogP contribution is -2.30. The fourth-order valence-electron chi connectivity index (χ4n) is 1.46. The molecule has 0 unspecified atom stereocenters. The van der Waals surface area contributed by atoms with Gasteiger partial charge in [-0.05, 0) is 29.9 Å². The van der Waals surface area contributed by atoms with Gasteiger partial charge in [-0.3, -0.25) is 0 Å². The molecule has 0 amide bonds. The average Bonchev–Trinajstić information content (AvgIpc) is 2.47. The molecule has 72 valence electrons. The molecule has 5 heteroatoms. The van der Waals surface area contributed by atoms with E-state index in [1.807, 2.05) is 13.0 Å². The highest BCUT2D eigenvalue weighted by Gasteiger charge is 2.17. The highest BCUT2D eigenvalue weighted by Crippen LogP contribution is 2.30. The lowest BCUT2D eigenvalue weighted by Gasteiger charge is -2.01. The van der Waals surface area contributed by atoms with Crippen LogP contribution in [0.3, 0.4) is 0 Å². The van der Waals surface area contributed by atoms with Crippen molar-refractivity contribution in [2.45, 2.75) is 6.92 Å². The molecular weight excluding hydrogens is 218 g/mol. The van der Waals surface area contributed by atoms with E-state index in [-0.39, 0.29) is 0 Å². The maximum atomic E-state index is 9.14. The second-order valence-corrected chi connectivity index (χ2v) is 4.77. The third-order valence-electron chi connectivity index (χ3n) is 2.07. The van der Waals surface area contributed by atoms with Gasteiger partial charge >= 0.3 is 7.12 Å². The summed E-state index contributed by atoms with van der Waals surface area (Å²) in [6.07, 6.45) is 0. The van der Waals surface area contributed by atoms with Gasteiger partial charge in [0.05, 0.1) is 9.72 Å². The standard InChI is InChI=1S/C9H8BClO2S/c1-5-4-6-7(10(12)13)2-3-8(11)9(6)14-5/h2-4,12-13H,1H3. The zero-order chi connectivity index (χ0) is 10.3. The summed E-state index contributed by atoms with van der Waals surface area (Å²) in [5.41, 5.74) is 0.508. The Morgan fingerprint density at radius 2 is 2.07 bits per heavy atom. The number of hydrogen-bond acceptors (Lipinski definition) is 3. The van der Waals surface area contributed by atoms with Crippen LogP contribution >= 0.6 is 22.9 Å². The van der Waals surface area contributed by atoms with E-state index in [2.05, 4.69) is 0 Å². The van der Waals surface area contributed by atoms with Crippen molar-refractivity contribution in [1.82, 2.24) is 0 Å². The quantitative estimate of drug-likeness (QED) is 0.724. The molecular formula is C9H8BClO2S. The summed E-state index contributed by atoms with van der Waals surface area (Å²) < 4.78 is 0.912. The molecule has 2 aromatic rings. The Morgan fingerprint density at radius 1 is 1.36 bits per heavy atom. The summed E-state index contributed by atoms with van der Waals surface area (Å²) in [5.74, 6) is 0. The topological polar surface area (TPSA) is 40.5 Å². The van der Waals surface area contributed by atoms with E-state index < -0.39 is 7.12 Å². The van der Waals surface area contributed by atoms with Gasteiger partial charge in [0.1, 0.15) is 0 Å². The van der Waals surface area contributed by atoms with Crippen molar-refractivity contribution in [3.05, 3.63) is 28.1 Å². The molecule has 0 fully saturated rings. The average molecular weight is 226 g/mol. The van der Waals surface area contributed by atoms with Gasteiger partial charge in [0.2, 0.25) is 0 Å². The highest BCUT2D eigenvalue weighted by molar-refractivity contribution is 7.19. The third-order valence-corrected chi connectivity index (χ3v) is 3.58. The molecule has 1 aromatic carbocycles. The lowest BCUT2D eigenvalue weighted by atomic mass is 9.78. The predicted molar refractivity (Wildman–Crippen MR) is 61.4 cm³/mol. The first kappa shape index (κ1) is 9.99. The van der Waals surface area contributed by atoms with Crippen LogP contribution in [0, 0.1) is 6.92 Å². The maximum Gasteiger partial charge on any atom is 0.489 e. The smallest absolute Gasteiger partial charge is 0.423 e. The summed E-state index contributed by atoms with van der Waals surface area (Å²) in [6.45, 7) is 1.97. The monoisotopic (exact) mass is 226 g/mol. The summed E-state index contributed by atoms with van der Waals surface area (Å²) >= 11 is 7.55. The summed E-state index contributed by atoms with van der Waals surface area (Å²) in [7, 11) is -1.44. The zero-order valence-electron chi connectivity index (χ0n) is 7.49. The van der Waals surface area contributed by atoms with Crippen LogP contribution in [0.4, 0.5) is 0 Å². The number of aryl methyl sites for hydroxylation is 1. The second-order valence-electron chi connectivity index (χ2n) is 3.11. The summed E-state index contributed by atoms with van der Waals surface area (Å²) in [5, 5.41) is 19.8. The number of halogens is 1. The Bertz CT molecular complexity index is 481. The molecule has 0 aliphatic heterocycles. The van der Waals surface area contributed by atoms with E-state index in [1.165, 1.54) is 0 Å². The van der Waals surface area contributed by atoms with Crippen LogP contribution in [0.1, 0.15) is 4.88 Å². The van der Waals surface area contributed by atoms with Gasteiger partial charge in [-0.1, -0.05) is 17.7 Å². The molecule has 0 aliphatic rings. The highest BCUT2D eigenvalue weighted by atomic mass is 35.5. The maximum absolute atomic E-state index is 9.14. The van der Waals surface area contributed by atoms with Crippen molar-refractivity contribution in [2.24, 2.45) is 0 Å². The Balaban J connectivity index is 2.81. The van der Waals surface area contributed by atoms with Crippen LogP contribution in [0.5, 0.6) is 0 Å². The lowest BCUT2D eigenvalue weighted by molar-refractivity contribution is 0.426. The number of fused-ring (bicyclic) bond motifs is 1. The van der Waals surface area contributed by atoms with Crippen molar-refractivity contribution in [3.8, 4) is 0 Å². The van der Waals surface area contributed by atoms with Crippen molar-refractivity contribution in [1.29, 1.82) is 0 Å². The molecule has 0 saturated carbocycles. The first-order valence-electron chi connectivity index (χ1n) is 4.14. The van der Waals surface area contributed by atoms with E-state index in [9.17, 15) is 0 Å². The first-order valence-corrected chi connectivity index (χ1v) is 5.33. The van der Waals surface area contributed by atoms with E-state index in [0.29, 0.717) is 10.5 Å². The van der Waals surface area contributed by atoms with Gasteiger partial charge in [0.15, 0.2) is 0 Å². The fourth-order valence-corrected chi connectivity index (χ4v) is 2.69. The predicted octanol–water partition coefficient (Wildman–Crippen LogP) is 1.54. The van der Waals surface area contributed by atoms with Crippen molar-refractivity contribution in [2.75, 3.05) is 0 Å². The molecule has 2 nitrogen and oxygen atoms in total. The Labute approximate surface area is 90.9 Å². The van der Waals surface area contributed by atoms with Crippen molar-refractivity contribution >= 4 is 45.6 Å². The minimum Gasteiger partial charge on any atom is -0.423 e. The van der Waals surface area contributed by atoms with Crippen LogP contribution in [-0.2, 0) is 0 Å². The van der Waals surface area contributed by atoms with E-state index in [0.717, 1.165) is 15.0 Å². The first-order chi connectivity index (χ1) is 6.59. The molecule has 2 rings (SSSR count). The molecule has 0 saturated heterocycles. The number of hydrogen-bond donors (Lipinski definition) is 2. The summed E-state index contributed by atoms with van der Waals surface area (Å²) in [6, 6.07) is 5.25. The molecule has 2 N–H and O–H groups in total. The Morgan fingerprint density at radius 3 is 2.71 bits per heavy atom. The zero-order valence-corrected chi connectivity index (χ0v) is 9.06. The van der Waals surface area contributed by atoms with Gasteiger partial charge in [0.25, 0.3) is 0 Å². The molecule has 1 heterocycles. The molecule has 14 heavy (non-hydrogen) atoms. The van der Waals surface area contributed by atoms with E-state index >= 15 is 0 Å². The van der Waals surface area contributed by atoms with Gasteiger partial charge in [-0.25, -0.2) is 0 Å². The van der Waals surface area contributed by atoms with Gasteiger partial charge in [-0.2, -0.15) is 0 Å². The molecule has 0 atom stereocenters. The molecule has 0 aliphatic carbocycles. The number of benzene rings is 1. The minimum atomic E-state index is -1.44. The van der Waals surface area contributed by atoms with Crippen LogP contribution in [-0.4, -0.2) is 17.2 Å². The van der Waals surface area contributed by atoms with E-state index in [1.54, 1.807) is 23.5 Å². The van der Waals surface area contributed by atoms with Gasteiger partial charge < -0.3 is 10.0 Å². The van der Waals surface area contributed by atoms with Gasteiger partial charge in [0, 0.05) is 4.88 Å². The number of thiophene rings is 1. The van der Waals surface area contributed by atoms with Crippen molar-refractivity contribution in [3.63, 3.8) is 0 Å². The second kappa shape index (κ2) is 3.55. The number of rotatable bonds is 1. The van der Waals surface area contributed by atoms with Crippen LogP contribution in [0.25, 0.3) is 10.1 Å². The normalized spacial score (nSPS) is 10.9. The van der Waals surface area contributed by atoms with E-state index in [4.69, 9.17) is 21.6 Å². The summed E-state index contributed by atoms with van der Waals surface area (Å²) in [4.78, 5) is 1.11. The van der Waals surface area contributed by atoms with Crippen molar-refractivity contribution < 1.29 is 10.0 Å². The molecule has 1 aromatic heterocycles. The molecule has 0 spiro atoms. The SMILES string of the molecule is Cc1cc2c(B(O)O)ccc(Cl)c2s1. The largest absolute Gasteiger partial charge is 0.489 e. The minimum absolute atomic E-state index is 0.508. The molecule has 0 radical (unpaired) electrons. The fraction of sp³-hybridized carbons (Fsp3) is 0.111. The van der Waals surface area contributed by atoms with Crippen LogP contribution in [0.15, 0.2) is 18.2 Å². The Hall–Kier alpha value is -0.545. The van der Waals surface area contributed by atoms with Gasteiger partial charge in [-0.15, -0.1) is 11.3 Å².